The van der Waals surface area contributed by atoms with Gasteiger partial charge in [0.25, 0.3) is 0 Å². The summed E-state index contributed by atoms with van der Waals surface area (Å²) in [5.74, 6) is -0.682. The van der Waals surface area contributed by atoms with Crippen LogP contribution in [-0.4, -0.2) is 56.9 Å². The van der Waals surface area contributed by atoms with E-state index in [1.165, 1.54) is 0 Å². The molecule has 3 heterocycles. The van der Waals surface area contributed by atoms with Crippen molar-refractivity contribution in [1.29, 1.82) is 0 Å². The average Bonchev–Trinajstić information content (AvgIpc) is 3.18. The van der Waals surface area contributed by atoms with Gasteiger partial charge in [0.2, 0.25) is 5.95 Å². The molecule has 1 saturated heterocycles. The van der Waals surface area contributed by atoms with Crippen molar-refractivity contribution in [3.63, 3.8) is 0 Å². The van der Waals surface area contributed by atoms with Crippen molar-refractivity contribution in [3.8, 4) is 0 Å². The zero-order chi connectivity index (χ0) is 21.3. The minimum atomic E-state index is -3.51. The van der Waals surface area contributed by atoms with E-state index >= 15 is 0 Å². The Morgan fingerprint density at radius 1 is 1.31 bits per heavy atom. The third kappa shape index (κ3) is 4.90. The van der Waals surface area contributed by atoms with E-state index in [-0.39, 0.29) is 29.4 Å². The van der Waals surface area contributed by atoms with Gasteiger partial charge in [-0.25, -0.2) is 4.98 Å². The number of anilines is 1. The second kappa shape index (κ2) is 8.83. The highest BCUT2D eigenvalue weighted by Crippen LogP contribution is 2.59. The van der Waals surface area contributed by atoms with Crippen LogP contribution in [0.2, 0.25) is 5.15 Å². The summed E-state index contributed by atoms with van der Waals surface area (Å²) < 4.78 is 38.3. The van der Waals surface area contributed by atoms with Crippen molar-refractivity contribution < 1.29 is 23.1 Å². The number of nitrogens with zero attached hydrogens (tertiary/aromatic N) is 4. The van der Waals surface area contributed by atoms with Crippen molar-refractivity contribution >= 4 is 36.3 Å². The Morgan fingerprint density at radius 3 is 2.55 bits per heavy atom. The molecule has 12 heteroatoms. The van der Waals surface area contributed by atoms with Gasteiger partial charge < -0.3 is 28.8 Å². The van der Waals surface area contributed by atoms with Crippen molar-refractivity contribution in [3.05, 3.63) is 11.5 Å². The van der Waals surface area contributed by atoms with Crippen molar-refractivity contribution in [2.45, 2.75) is 70.9 Å². The largest absolute Gasteiger partial charge is 0.379 e. The third-order valence-electron chi connectivity index (χ3n) is 4.37. The SMILES string of the molecule is CO[C@H]1C[C@H](P(=O)(OC(C)C)OC(C)C)O[C@@H]1Cn1cnc2c(Cl)nc(N)nc21. The Hall–Kier alpha value is -1.29. The molecule has 1 aliphatic rings. The van der Waals surface area contributed by atoms with Crippen LogP contribution in [0.15, 0.2) is 6.33 Å². The summed E-state index contributed by atoms with van der Waals surface area (Å²) in [6.07, 6.45) is 0.681. The minimum Gasteiger partial charge on any atom is -0.379 e. The highest BCUT2D eigenvalue weighted by atomic mass is 35.5. The van der Waals surface area contributed by atoms with E-state index in [1.807, 2.05) is 27.7 Å². The van der Waals surface area contributed by atoms with Crippen LogP contribution in [0.4, 0.5) is 5.95 Å². The average molecular weight is 448 g/mol. The number of fused-ring (bicyclic) bond motifs is 1. The second-order valence-corrected chi connectivity index (χ2v) is 9.86. The van der Waals surface area contributed by atoms with Crippen LogP contribution in [0.5, 0.6) is 0 Å². The standard InChI is InChI=1S/C17H27ClN5O5P/c1-9(2)27-29(24,28-10(3)4)13-6-11(25-5)12(26-13)7-23-8-20-14-15(18)21-17(19)22-16(14)23/h8-13H,6-7H2,1-5H3,(H2,19,21,22)/t11-,12+,13-/m0/s1. The summed E-state index contributed by atoms with van der Waals surface area (Å²) in [6.45, 7) is 7.58. The quantitative estimate of drug-likeness (QED) is 0.479. The van der Waals surface area contributed by atoms with E-state index in [0.29, 0.717) is 24.1 Å². The molecule has 3 rings (SSSR count). The van der Waals surface area contributed by atoms with Crippen LogP contribution in [-0.2, 0) is 29.6 Å². The van der Waals surface area contributed by atoms with Crippen molar-refractivity contribution in [1.82, 2.24) is 19.5 Å². The first-order chi connectivity index (χ1) is 13.6. The molecule has 0 saturated carbocycles. The first kappa shape index (κ1) is 22.4. The lowest BCUT2D eigenvalue weighted by atomic mass is 10.2. The predicted octanol–water partition coefficient (Wildman–Crippen LogP) is 3.24. The smallest absolute Gasteiger partial charge is 0.359 e. The predicted molar refractivity (Wildman–Crippen MR) is 109 cm³/mol. The fourth-order valence-electron chi connectivity index (χ4n) is 3.31. The van der Waals surface area contributed by atoms with Gasteiger partial charge in [0.15, 0.2) is 16.6 Å². The normalized spacial score (nSPS) is 23.0. The van der Waals surface area contributed by atoms with Gasteiger partial charge in [0.05, 0.1) is 31.2 Å². The summed E-state index contributed by atoms with van der Waals surface area (Å²) >= 11 is 6.10. The van der Waals surface area contributed by atoms with Gasteiger partial charge in [0, 0.05) is 13.5 Å². The molecule has 162 valence electrons. The number of nitrogen functional groups attached to an aromatic ring is 1. The van der Waals surface area contributed by atoms with Gasteiger partial charge >= 0.3 is 7.60 Å². The molecule has 3 atom stereocenters. The van der Waals surface area contributed by atoms with Gasteiger partial charge in [-0.1, -0.05) is 11.6 Å². The Balaban J connectivity index is 1.85. The number of rotatable bonds is 8. The Bertz CT molecular complexity index is 894. The molecule has 2 aromatic rings. The molecule has 0 aliphatic carbocycles. The number of hydrogen-bond acceptors (Lipinski definition) is 9. The molecule has 0 radical (unpaired) electrons. The monoisotopic (exact) mass is 447 g/mol. The summed E-state index contributed by atoms with van der Waals surface area (Å²) in [5, 5.41) is 0.180. The number of hydrogen-bond donors (Lipinski definition) is 1. The Labute approximate surface area is 174 Å². The molecule has 0 amide bonds. The minimum absolute atomic E-state index is 0.0536. The zero-order valence-electron chi connectivity index (χ0n) is 17.1. The molecule has 0 bridgehead atoms. The van der Waals surface area contributed by atoms with Crippen LogP contribution in [0, 0.1) is 0 Å². The number of imidazole rings is 1. The molecule has 2 aromatic heterocycles. The van der Waals surface area contributed by atoms with E-state index < -0.39 is 19.5 Å². The molecule has 0 spiro atoms. The number of aromatic nitrogens is 4. The van der Waals surface area contributed by atoms with Gasteiger partial charge in [-0.3, -0.25) is 4.57 Å². The molecule has 1 fully saturated rings. The molecular weight excluding hydrogens is 421 g/mol. The summed E-state index contributed by atoms with van der Waals surface area (Å²) in [4.78, 5) is 12.4. The van der Waals surface area contributed by atoms with E-state index in [2.05, 4.69) is 15.0 Å². The maximum absolute atomic E-state index is 13.4. The highest BCUT2D eigenvalue weighted by molar-refractivity contribution is 7.54. The topological polar surface area (TPSA) is 124 Å². The molecule has 10 nitrogen and oxygen atoms in total. The van der Waals surface area contributed by atoms with Crippen LogP contribution >= 0.6 is 19.2 Å². The first-order valence-corrected chi connectivity index (χ1v) is 11.4. The summed E-state index contributed by atoms with van der Waals surface area (Å²) in [6, 6.07) is 0. The van der Waals surface area contributed by atoms with Gasteiger partial charge in [-0.15, -0.1) is 0 Å². The van der Waals surface area contributed by atoms with Gasteiger partial charge in [0.1, 0.15) is 11.6 Å². The van der Waals surface area contributed by atoms with E-state index in [0.717, 1.165) is 0 Å². The Kier molecular flexibility index (Phi) is 6.82. The second-order valence-electron chi connectivity index (χ2n) is 7.43. The third-order valence-corrected chi connectivity index (χ3v) is 7.10. The number of halogens is 1. The summed E-state index contributed by atoms with van der Waals surface area (Å²) in [5.41, 5.74) is 6.65. The van der Waals surface area contributed by atoms with E-state index in [9.17, 15) is 4.57 Å². The fraction of sp³-hybridized carbons (Fsp3) is 0.706. The lowest BCUT2D eigenvalue weighted by molar-refractivity contribution is -0.00745. The lowest BCUT2D eigenvalue weighted by Gasteiger charge is -2.27. The van der Waals surface area contributed by atoms with Crippen molar-refractivity contribution in [2.24, 2.45) is 0 Å². The molecule has 29 heavy (non-hydrogen) atoms. The molecule has 2 N–H and O–H groups in total. The first-order valence-electron chi connectivity index (χ1n) is 9.41. The summed E-state index contributed by atoms with van der Waals surface area (Å²) in [7, 11) is -1.93. The van der Waals surface area contributed by atoms with Crippen LogP contribution in [0.25, 0.3) is 11.2 Å². The fourth-order valence-corrected chi connectivity index (χ4v) is 5.80. The molecule has 0 unspecified atom stereocenters. The number of ether oxygens (including phenoxy) is 2. The molecular formula is C17H27ClN5O5P. The van der Waals surface area contributed by atoms with Crippen LogP contribution < -0.4 is 5.73 Å². The van der Waals surface area contributed by atoms with Crippen LogP contribution in [0.1, 0.15) is 34.1 Å². The Morgan fingerprint density at radius 2 is 1.97 bits per heavy atom. The maximum atomic E-state index is 13.4. The molecule has 1 aliphatic heterocycles. The maximum Gasteiger partial charge on any atom is 0.359 e. The van der Waals surface area contributed by atoms with E-state index in [4.69, 9.17) is 35.9 Å². The zero-order valence-corrected chi connectivity index (χ0v) is 18.8. The van der Waals surface area contributed by atoms with Gasteiger partial charge in [-0.2, -0.15) is 9.97 Å². The number of nitrogens with two attached hydrogens (primary N) is 1. The molecule has 0 aromatic carbocycles. The van der Waals surface area contributed by atoms with E-state index in [1.54, 1.807) is 18.0 Å². The van der Waals surface area contributed by atoms with Crippen molar-refractivity contribution in [2.75, 3.05) is 12.8 Å². The number of methoxy groups -OCH3 is 1. The van der Waals surface area contributed by atoms with Gasteiger partial charge in [-0.05, 0) is 27.7 Å². The lowest BCUT2D eigenvalue weighted by Crippen LogP contribution is -2.28. The highest BCUT2D eigenvalue weighted by Gasteiger charge is 2.48. The van der Waals surface area contributed by atoms with Crippen LogP contribution in [0.3, 0.4) is 0 Å².